The summed E-state index contributed by atoms with van der Waals surface area (Å²) < 4.78 is 13.2. The molecule has 0 amide bonds. The molecular weight excluding hydrogens is 328 g/mol. The molecule has 25 heavy (non-hydrogen) atoms. The summed E-state index contributed by atoms with van der Waals surface area (Å²) in [6.45, 7) is 2.10. The van der Waals surface area contributed by atoms with Gasteiger partial charge in [-0.05, 0) is 28.8 Å². The van der Waals surface area contributed by atoms with E-state index in [0.717, 1.165) is 34.1 Å². The van der Waals surface area contributed by atoms with Crippen molar-refractivity contribution in [1.82, 2.24) is 0 Å². The fraction of sp³-hybridized carbons (Fsp3) is 0.273. The summed E-state index contributed by atoms with van der Waals surface area (Å²) in [5.41, 5.74) is -0.226. The van der Waals surface area contributed by atoms with Gasteiger partial charge in [-0.15, -0.1) is 0 Å². The van der Waals surface area contributed by atoms with Gasteiger partial charge in [-0.3, -0.25) is 4.21 Å². The second kappa shape index (κ2) is 7.94. The lowest BCUT2D eigenvalue weighted by molar-refractivity contribution is 0.0497. The second-order valence-electron chi connectivity index (χ2n) is 6.47. The van der Waals surface area contributed by atoms with Gasteiger partial charge in [0.05, 0.1) is 16.6 Å². The molecule has 0 aliphatic rings. The van der Waals surface area contributed by atoms with Gasteiger partial charge in [-0.25, -0.2) is 0 Å². The third kappa shape index (κ3) is 4.00. The Kier molecular flexibility index (Phi) is 5.67. The van der Waals surface area contributed by atoms with E-state index in [4.69, 9.17) is 0 Å². The minimum absolute atomic E-state index is 0.213. The van der Waals surface area contributed by atoms with Gasteiger partial charge in [0, 0.05) is 4.90 Å². The molecule has 0 bridgehead atoms. The van der Waals surface area contributed by atoms with Crippen LogP contribution in [0.3, 0.4) is 0 Å². The van der Waals surface area contributed by atoms with Crippen LogP contribution in [-0.2, 0) is 16.4 Å². The van der Waals surface area contributed by atoms with E-state index in [1.54, 1.807) is 0 Å². The van der Waals surface area contributed by atoms with Crippen molar-refractivity contribution in [3.63, 3.8) is 0 Å². The van der Waals surface area contributed by atoms with Crippen molar-refractivity contribution < 1.29 is 9.32 Å². The number of rotatable bonds is 7. The van der Waals surface area contributed by atoms with Gasteiger partial charge in [0.2, 0.25) is 0 Å². The lowest BCUT2D eigenvalue weighted by Gasteiger charge is -2.28. The lowest BCUT2D eigenvalue weighted by atomic mass is 9.90. The van der Waals surface area contributed by atoms with Crippen LogP contribution in [0.25, 0.3) is 10.8 Å². The normalized spacial score (nSPS) is 15.0. The van der Waals surface area contributed by atoms with Crippen molar-refractivity contribution in [1.29, 1.82) is 0 Å². The quantitative estimate of drug-likeness (QED) is 0.648. The molecule has 0 aromatic heterocycles. The van der Waals surface area contributed by atoms with E-state index >= 15 is 0 Å². The van der Waals surface area contributed by atoms with Gasteiger partial charge in [-0.2, -0.15) is 0 Å². The van der Waals surface area contributed by atoms with E-state index in [-0.39, 0.29) is 5.75 Å². The molecule has 0 unspecified atom stereocenters. The molecule has 3 aromatic rings. The Balaban J connectivity index is 1.95. The Morgan fingerprint density at radius 3 is 2.36 bits per heavy atom. The Hall–Kier alpha value is -1.97. The molecule has 1 N–H and O–H groups in total. The molecule has 0 aliphatic heterocycles. The average molecular weight is 352 g/mol. The Morgan fingerprint density at radius 1 is 0.920 bits per heavy atom. The number of hydrogen-bond acceptors (Lipinski definition) is 2. The number of aliphatic hydroxyl groups is 1. The SMILES string of the molecule is CCCC[C@@](O)(C[S@@](=O)c1cccc2ccccc12)c1ccccc1. The molecule has 0 spiro atoms. The second-order valence-corrected chi connectivity index (χ2v) is 7.89. The lowest BCUT2D eigenvalue weighted by Crippen LogP contribution is -2.32. The number of benzene rings is 3. The number of hydrogen-bond donors (Lipinski definition) is 1. The zero-order valence-electron chi connectivity index (χ0n) is 14.5. The van der Waals surface area contributed by atoms with Crippen LogP contribution in [-0.4, -0.2) is 15.1 Å². The molecule has 3 aromatic carbocycles. The molecule has 3 rings (SSSR count). The molecule has 0 fully saturated rings. The third-order valence-corrected chi connectivity index (χ3v) is 6.21. The summed E-state index contributed by atoms with van der Waals surface area (Å²) in [6.07, 6.45) is 2.51. The summed E-state index contributed by atoms with van der Waals surface area (Å²) in [5, 5.41) is 13.4. The van der Waals surface area contributed by atoms with Crippen LogP contribution in [0, 0.1) is 0 Å². The topological polar surface area (TPSA) is 37.3 Å². The monoisotopic (exact) mass is 352 g/mol. The highest BCUT2D eigenvalue weighted by molar-refractivity contribution is 7.85. The first-order chi connectivity index (χ1) is 12.1. The van der Waals surface area contributed by atoms with Gasteiger partial charge in [0.25, 0.3) is 0 Å². The molecule has 2 atom stereocenters. The standard InChI is InChI=1S/C22H24O2S/c1-2-3-16-22(23,19-12-5-4-6-13-19)17-25(24)21-15-9-11-18-10-7-8-14-20(18)21/h4-15,23H,2-3,16-17H2,1H3/t22-,25-/m1/s1. The summed E-state index contributed by atoms with van der Waals surface area (Å²) in [5.74, 6) is 0.213. The predicted molar refractivity (Wildman–Crippen MR) is 105 cm³/mol. The fourth-order valence-electron chi connectivity index (χ4n) is 3.21. The summed E-state index contributed by atoms with van der Waals surface area (Å²) in [6, 6.07) is 23.5. The molecule has 0 radical (unpaired) electrons. The molecule has 2 nitrogen and oxygen atoms in total. The van der Waals surface area contributed by atoms with Crippen LogP contribution in [0.4, 0.5) is 0 Å². The number of unbranched alkanes of at least 4 members (excludes halogenated alkanes) is 1. The molecule has 0 saturated carbocycles. The molecule has 0 aliphatic carbocycles. The fourth-order valence-corrected chi connectivity index (χ4v) is 4.77. The minimum Gasteiger partial charge on any atom is -0.384 e. The summed E-state index contributed by atoms with van der Waals surface area (Å²) >= 11 is 0. The Morgan fingerprint density at radius 2 is 1.60 bits per heavy atom. The summed E-state index contributed by atoms with van der Waals surface area (Å²) in [7, 11) is -1.28. The highest BCUT2D eigenvalue weighted by Gasteiger charge is 2.31. The highest BCUT2D eigenvalue weighted by Crippen LogP contribution is 2.31. The smallest absolute Gasteiger partial charge is 0.101 e. The molecule has 0 saturated heterocycles. The summed E-state index contributed by atoms with van der Waals surface area (Å²) in [4.78, 5) is 0.795. The maximum Gasteiger partial charge on any atom is 0.101 e. The van der Waals surface area contributed by atoms with Crippen LogP contribution >= 0.6 is 0 Å². The van der Waals surface area contributed by atoms with E-state index < -0.39 is 16.4 Å². The maximum absolute atomic E-state index is 13.2. The minimum atomic E-state index is -1.28. The van der Waals surface area contributed by atoms with Gasteiger partial charge >= 0.3 is 0 Å². The third-order valence-electron chi connectivity index (χ3n) is 4.62. The molecule has 130 valence electrons. The van der Waals surface area contributed by atoms with Crippen molar-refractivity contribution in [2.45, 2.75) is 36.7 Å². The van der Waals surface area contributed by atoms with E-state index in [2.05, 4.69) is 6.92 Å². The van der Waals surface area contributed by atoms with Crippen molar-refractivity contribution in [2.24, 2.45) is 0 Å². The Bertz CT molecular complexity index is 855. The zero-order valence-corrected chi connectivity index (χ0v) is 15.3. The largest absolute Gasteiger partial charge is 0.384 e. The van der Waals surface area contributed by atoms with Gasteiger partial charge in [0.15, 0.2) is 0 Å². The van der Waals surface area contributed by atoms with Gasteiger partial charge < -0.3 is 5.11 Å². The van der Waals surface area contributed by atoms with Crippen molar-refractivity contribution in [2.75, 3.05) is 5.75 Å². The maximum atomic E-state index is 13.2. The zero-order chi connectivity index (χ0) is 17.7. The van der Waals surface area contributed by atoms with Gasteiger partial charge in [0.1, 0.15) is 5.60 Å². The van der Waals surface area contributed by atoms with E-state index in [9.17, 15) is 9.32 Å². The van der Waals surface area contributed by atoms with Crippen LogP contribution in [0.5, 0.6) is 0 Å². The van der Waals surface area contributed by atoms with Gasteiger partial charge in [-0.1, -0.05) is 86.5 Å². The van der Waals surface area contributed by atoms with Crippen LogP contribution in [0.2, 0.25) is 0 Å². The van der Waals surface area contributed by atoms with Crippen LogP contribution in [0.15, 0.2) is 77.7 Å². The molecular formula is C22H24O2S. The molecule has 3 heteroatoms. The van der Waals surface area contributed by atoms with Crippen molar-refractivity contribution in [3.8, 4) is 0 Å². The first-order valence-electron chi connectivity index (χ1n) is 8.78. The van der Waals surface area contributed by atoms with Crippen molar-refractivity contribution >= 4 is 21.6 Å². The van der Waals surface area contributed by atoms with E-state index in [1.807, 2.05) is 72.8 Å². The highest BCUT2D eigenvalue weighted by atomic mass is 32.2. The van der Waals surface area contributed by atoms with Crippen molar-refractivity contribution in [3.05, 3.63) is 78.4 Å². The van der Waals surface area contributed by atoms with E-state index in [1.165, 1.54) is 0 Å². The average Bonchev–Trinajstić information content (AvgIpc) is 2.66. The van der Waals surface area contributed by atoms with Crippen LogP contribution < -0.4 is 0 Å². The number of fused-ring (bicyclic) bond motifs is 1. The predicted octanol–water partition coefficient (Wildman–Crippen LogP) is 5.03. The van der Waals surface area contributed by atoms with Crippen LogP contribution in [0.1, 0.15) is 31.7 Å². The first kappa shape index (κ1) is 17.8. The molecule has 0 heterocycles. The first-order valence-corrected chi connectivity index (χ1v) is 10.1. The van der Waals surface area contributed by atoms with E-state index in [0.29, 0.717) is 6.42 Å². The Labute approximate surface area is 152 Å².